The SMILES string of the molecule is CC1(CNC(=O)N2CCC(c3nc4c(s3)CCCC4)CC2)CCN(Cc2ccccc2)C1. The second kappa shape index (κ2) is 9.52. The molecule has 1 aromatic carbocycles. The zero-order valence-electron chi connectivity index (χ0n) is 19.3. The summed E-state index contributed by atoms with van der Waals surface area (Å²) in [4.78, 5) is 23.9. The smallest absolute Gasteiger partial charge is 0.317 e. The van der Waals surface area contributed by atoms with Crippen molar-refractivity contribution in [3.63, 3.8) is 0 Å². The van der Waals surface area contributed by atoms with Gasteiger partial charge < -0.3 is 10.2 Å². The number of benzene rings is 1. The quantitative estimate of drug-likeness (QED) is 0.707. The summed E-state index contributed by atoms with van der Waals surface area (Å²) in [6.07, 6.45) is 8.21. The zero-order chi connectivity index (χ0) is 22.0. The molecule has 5 rings (SSSR count). The van der Waals surface area contributed by atoms with E-state index in [0.717, 1.165) is 65.0 Å². The van der Waals surface area contributed by atoms with E-state index in [1.54, 1.807) is 0 Å². The molecule has 2 aliphatic heterocycles. The van der Waals surface area contributed by atoms with Crippen LogP contribution in [-0.2, 0) is 19.4 Å². The predicted molar refractivity (Wildman–Crippen MR) is 130 cm³/mol. The first-order chi connectivity index (χ1) is 15.6. The van der Waals surface area contributed by atoms with Crippen LogP contribution in [-0.4, -0.2) is 53.5 Å². The first kappa shape index (κ1) is 21.9. The average molecular weight is 453 g/mol. The molecule has 3 aliphatic rings. The van der Waals surface area contributed by atoms with Gasteiger partial charge in [0.1, 0.15) is 0 Å². The van der Waals surface area contributed by atoms with Gasteiger partial charge in [0, 0.05) is 43.5 Å². The van der Waals surface area contributed by atoms with Crippen LogP contribution in [0.3, 0.4) is 0 Å². The minimum atomic E-state index is 0.115. The number of rotatable bonds is 5. The molecule has 1 aromatic heterocycles. The molecule has 3 heterocycles. The number of amides is 2. The third kappa shape index (κ3) is 5.01. The summed E-state index contributed by atoms with van der Waals surface area (Å²) in [5.74, 6) is 0.536. The van der Waals surface area contributed by atoms with E-state index < -0.39 is 0 Å². The first-order valence-electron chi connectivity index (χ1n) is 12.4. The average Bonchev–Trinajstić information content (AvgIpc) is 3.42. The molecule has 0 radical (unpaired) electrons. The maximum Gasteiger partial charge on any atom is 0.317 e. The van der Waals surface area contributed by atoms with Gasteiger partial charge in [-0.25, -0.2) is 9.78 Å². The molecule has 32 heavy (non-hydrogen) atoms. The van der Waals surface area contributed by atoms with Crippen molar-refractivity contribution in [2.45, 2.75) is 64.3 Å². The number of piperidine rings is 1. The lowest BCUT2D eigenvalue weighted by Crippen LogP contribution is -2.47. The number of hydrogen-bond donors (Lipinski definition) is 1. The largest absolute Gasteiger partial charge is 0.337 e. The van der Waals surface area contributed by atoms with E-state index in [1.165, 1.54) is 40.4 Å². The van der Waals surface area contributed by atoms with Crippen LogP contribution in [0.5, 0.6) is 0 Å². The van der Waals surface area contributed by atoms with Crippen LogP contribution in [0.1, 0.15) is 66.1 Å². The summed E-state index contributed by atoms with van der Waals surface area (Å²) >= 11 is 1.94. The number of likely N-dealkylation sites (tertiary alicyclic amines) is 2. The number of aromatic nitrogens is 1. The van der Waals surface area contributed by atoms with Gasteiger partial charge in [-0.15, -0.1) is 11.3 Å². The summed E-state index contributed by atoms with van der Waals surface area (Å²) in [6.45, 7) is 7.90. The summed E-state index contributed by atoms with van der Waals surface area (Å²) in [7, 11) is 0. The Morgan fingerprint density at radius 2 is 1.94 bits per heavy atom. The standard InChI is InChI=1S/C26H36N4OS/c1-26(13-16-29(19-26)17-20-7-3-2-4-8-20)18-27-25(31)30-14-11-21(12-15-30)24-28-22-9-5-6-10-23(22)32-24/h2-4,7-8,21H,5-6,9-19H2,1H3,(H,27,31). The van der Waals surface area contributed by atoms with Crippen molar-refractivity contribution >= 4 is 17.4 Å². The van der Waals surface area contributed by atoms with Gasteiger partial charge in [0.05, 0.1) is 10.7 Å². The highest BCUT2D eigenvalue weighted by Gasteiger charge is 2.35. The fourth-order valence-corrected chi connectivity index (χ4v) is 6.85. The Kier molecular flexibility index (Phi) is 6.51. The van der Waals surface area contributed by atoms with Crippen molar-refractivity contribution in [1.29, 1.82) is 0 Å². The number of carbonyl (C=O) groups is 1. The van der Waals surface area contributed by atoms with Crippen LogP contribution in [0.25, 0.3) is 0 Å². The Hall–Kier alpha value is -1.92. The van der Waals surface area contributed by atoms with Gasteiger partial charge in [-0.3, -0.25) is 4.90 Å². The molecule has 0 saturated carbocycles. The molecule has 1 unspecified atom stereocenters. The van der Waals surface area contributed by atoms with Crippen LogP contribution in [0, 0.1) is 5.41 Å². The highest BCUT2D eigenvalue weighted by Crippen LogP contribution is 2.35. The van der Waals surface area contributed by atoms with Gasteiger partial charge in [-0.2, -0.15) is 0 Å². The Morgan fingerprint density at radius 3 is 2.72 bits per heavy atom. The molecule has 2 amide bonds. The molecule has 5 nitrogen and oxygen atoms in total. The maximum absolute atomic E-state index is 12.9. The minimum Gasteiger partial charge on any atom is -0.337 e. The lowest BCUT2D eigenvalue weighted by atomic mass is 9.90. The van der Waals surface area contributed by atoms with E-state index in [0.29, 0.717) is 5.92 Å². The Bertz CT molecular complexity index is 898. The molecule has 0 bridgehead atoms. The summed E-state index contributed by atoms with van der Waals surface area (Å²) in [5, 5.41) is 4.59. The van der Waals surface area contributed by atoms with Gasteiger partial charge >= 0.3 is 6.03 Å². The van der Waals surface area contributed by atoms with Crippen LogP contribution in [0.4, 0.5) is 4.79 Å². The van der Waals surface area contributed by atoms with Gasteiger partial charge in [0.25, 0.3) is 0 Å². The number of urea groups is 1. The monoisotopic (exact) mass is 452 g/mol. The molecular formula is C26H36N4OS. The van der Waals surface area contributed by atoms with Crippen molar-refractivity contribution in [3.8, 4) is 0 Å². The second-order valence-electron chi connectivity index (χ2n) is 10.3. The molecule has 1 N–H and O–H groups in total. The molecule has 2 aromatic rings. The number of fused-ring (bicyclic) bond motifs is 1. The van der Waals surface area contributed by atoms with E-state index in [-0.39, 0.29) is 11.4 Å². The number of nitrogens with one attached hydrogen (secondary N) is 1. The fraction of sp³-hybridized carbons (Fsp3) is 0.615. The first-order valence-corrected chi connectivity index (χ1v) is 13.2. The number of hydrogen-bond acceptors (Lipinski definition) is 4. The predicted octanol–water partition coefficient (Wildman–Crippen LogP) is 4.82. The van der Waals surface area contributed by atoms with Crippen molar-refractivity contribution in [2.75, 3.05) is 32.7 Å². The Balaban J connectivity index is 1.07. The molecule has 2 saturated heterocycles. The topological polar surface area (TPSA) is 48.5 Å². The van der Waals surface area contributed by atoms with E-state index in [4.69, 9.17) is 4.98 Å². The number of carbonyl (C=O) groups excluding carboxylic acids is 1. The number of nitrogens with zero attached hydrogens (tertiary/aromatic N) is 3. The maximum atomic E-state index is 12.9. The number of thiazole rings is 1. The zero-order valence-corrected chi connectivity index (χ0v) is 20.1. The van der Waals surface area contributed by atoms with E-state index in [9.17, 15) is 4.79 Å². The molecular weight excluding hydrogens is 416 g/mol. The van der Waals surface area contributed by atoms with Gasteiger partial charge in [0.15, 0.2) is 0 Å². The third-order valence-corrected chi connectivity index (χ3v) is 8.87. The van der Waals surface area contributed by atoms with Crippen molar-refractivity contribution in [1.82, 2.24) is 20.1 Å². The fourth-order valence-electron chi connectivity index (χ4n) is 5.52. The summed E-state index contributed by atoms with van der Waals surface area (Å²) in [5.41, 5.74) is 2.88. The van der Waals surface area contributed by atoms with Crippen molar-refractivity contribution in [2.24, 2.45) is 5.41 Å². The van der Waals surface area contributed by atoms with Crippen LogP contribution in [0.15, 0.2) is 30.3 Å². The van der Waals surface area contributed by atoms with Crippen LogP contribution < -0.4 is 5.32 Å². The van der Waals surface area contributed by atoms with Gasteiger partial charge in [-0.1, -0.05) is 37.3 Å². The Labute approximate surface area is 196 Å². The second-order valence-corrected chi connectivity index (χ2v) is 11.4. The Morgan fingerprint density at radius 1 is 1.16 bits per heavy atom. The van der Waals surface area contributed by atoms with E-state index in [1.807, 2.05) is 16.2 Å². The normalized spacial score (nSPS) is 24.5. The molecule has 0 spiro atoms. The molecule has 1 aliphatic carbocycles. The van der Waals surface area contributed by atoms with E-state index >= 15 is 0 Å². The van der Waals surface area contributed by atoms with E-state index in [2.05, 4.69) is 47.5 Å². The van der Waals surface area contributed by atoms with Crippen molar-refractivity contribution < 1.29 is 4.79 Å². The summed E-state index contributed by atoms with van der Waals surface area (Å²) < 4.78 is 0. The van der Waals surface area contributed by atoms with Crippen molar-refractivity contribution in [3.05, 3.63) is 51.5 Å². The van der Waals surface area contributed by atoms with Gasteiger partial charge in [-0.05, 0) is 62.5 Å². The van der Waals surface area contributed by atoms with Crippen LogP contribution in [0.2, 0.25) is 0 Å². The highest BCUT2D eigenvalue weighted by molar-refractivity contribution is 7.11. The third-order valence-electron chi connectivity index (χ3n) is 7.55. The lowest BCUT2D eigenvalue weighted by Gasteiger charge is -2.33. The lowest BCUT2D eigenvalue weighted by molar-refractivity contribution is 0.174. The minimum absolute atomic E-state index is 0.115. The molecule has 2 fully saturated rings. The highest BCUT2D eigenvalue weighted by atomic mass is 32.1. The molecule has 172 valence electrons. The van der Waals surface area contributed by atoms with Gasteiger partial charge in [0.2, 0.25) is 0 Å². The summed E-state index contributed by atoms with van der Waals surface area (Å²) in [6, 6.07) is 10.8. The molecule has 6 heteroatoms. The number of aryl methyl sites for hydroxylation is 2. The van der Waals surface area contributed by atoms with Crippen LogP contribution >= 0.6 is 11.3 Å². The molecule has 1 atom stereocenters.